The predicted octanol–water partition coefficient (Wildman–Crippen LogP) is 2.65. The third-order valence-electron chi connectivity index (χ3n) is 3.03. The molecular weight excluding hydrogens is 243 g/mol. The highest BCUT2D eigenvalue weighted by atomic mass is 19.4. The molecule has 1 atom stereocenters. The molecule has 2 rings (SSSR count). The number of anilines is 1. The zero-order valence-electron chi connectivity index (χ0n) is 9.93. The van der Waals surface area contributed by atoms with Crippen LogP contribution in [0.25, 0.3) is 0 Å². The van der Waals surface area contributed by atoms with Crippen molar-refractivity contribution in [2.45, 2.75) is 31.5 Å². The smallest absolute Gasteiger partial charge is 0.368 e. The lowest BCUT2D eigenvalue weighted by atomic mass is 10.1. The summed E-state index contributed by atoms with van der Waals surface area (Å²) in [6.45, 7) is 1.58. The van der Waals surface area contributed by atoms with E-state index in [-0.39, 0.29) is 5.82 Å². The van der Waals surface area contributed by atoms with E-state index in [0.717, 1.165) is 37.9 Å². The van der Waals surface area contributed by atoms with E-state index in [2.05, 4.69) is 15.6 Å². The largest absolute Gasteiger partial charge is 0.416 e. The van der Waals surface area contributed by atoms with E-state index in [1.807, 2.05) is 0 Å². The second kappa shape index (κ2) is 5.56. The average molecular weight is 259 g/mol. The van der Waals surface area contributed by atoms with Gasteiger partial charge in [-0.25, -0.2) is 4.98 Å². The van der Waals surface area contributed by atoms with Crippen molar-refractivity contribution in [3.8, 4) is 0 Å². The SMILES string of the molecule is FC(F)(F)c1ccnc(NCC2CCCCN2)c1. The van der Waals surface area contributed by atoms with Gasteiger partial charge in [-0.05, 0) is 31.5 Å². The first kappa shape index (κ1) is 13.1. The lowest BCUT2D eigenvalue weighted by molar-refractivity contribution is -0.137. The van der Waals surface area contributed by atoms with Gasteiger partial charge in [0.25, 0.3) is 0 Å². The quantitative estimate of drug-likeness (QED) is 0.876. The molecule has 1 unspecified atom stereocenters. The normalized spacial score (nSPS) is 20.7. The minimum atomic E-state index is -4.32. The number of aromatic nitrogens is 1. The fraction of sp³-hybridized carbons (Fsp3) is 0.583. The summed E-state index contributed by atoms with van der Waals surface area (Å²) in [5, 5.41) is 6.27. The molecule has 1 saturated heterocycles. The van der Waals surface area contributed by atoms with Crippen molar-refractivity contribution in [2.24, 2.45) is 0 Å². The number of rotatable bonds is 3. The van der Waals surface area contributed by atoms with Crippen LogP contribution in [-0.2, 0) is 6.18 Å². The van der Waals surface area contributed by atoms with Crippen molar-refractivity contribution < 1.29 is 13.2 Å². The van der Waals surface area contributed by atoms with Crippen molar-refractivity contribution in [3.63, 3.8) is 0 Å². The summed E-state index contributed by atoms with van der Waals surface area (Å²) in [7, 11) is 0. The second-order valence-electron chi connectivity index (χ2n) is 4.46. The Morgan fingerprint density at radius 2 is 2.22 bits per heavy atom. The van der Waals surface area contributed by atoms with E-state index >= 15 is 0 Å². The van der Waals surface area contributed by atoms with Gasteiger partial charge in [0.05, 0.1) is 5.56 Å². The molecule has 1 aromatic rings. The Kier molecular flexibility index (Phi) is 4.06. The molecule has 2 N–H and O–H groups in total. The van der Waals surface area contributed by atoms with Crippen LogP contribution in [0, 0.1) is 0 Å². The summed E-state index contributed by atoms with van der Waals surface area (Å²) >= 11 is 0. The van der Waals surface area contributed by atoms with E-state index < -0.39 is 11.7 Å². The number of nitrogens with one attached hydrogen (secondary N) is 2. The third-order valence-corrected chi connectivity index (χ3v) is 3.03. The van der Waals surface area contributed by atoms with Crippen LogP contribution >= 0.6 is 0 Å². The van der Waals surface area contributed by atoms with Gasteiger partial charge in [0, 0.05) is 18.8 Å². The van der Waals surface area contributed by atoms with Crippen LogP contribution in [0.4, 0.5) is 19.0 Å². The molecule has 1 fully saturated rings. The van der Waals surface area contributed by atoms with Gasteiger partial charge >= 0.3 is 6.18 Å². The minimum absolute atomic E-state index is 0.275. The van der Waals surface area contributed by atoms with Gasteiger partial charge in [0.2, 0.25) is 0 Å². The van der Waals surface area contributed by atoms with Gasteiger partial charge in [-0.15, -0.1) is 0 Å². The van der Waals surface area contributed by atoms with Crippen LogP contribution in [0.5, 0.6) is 0 Å². The van der Waals surface area contributed by atoms with E-state index in [4.69, 9.17) is 0 Å². The molecule has 1 aliphatic rings. The van der Waals surface area contributed by atoms with Crippen LogP contribution in [0.2, 0.25) is 0 Å². The molecule has 100 valence electrons. The summed E-state index contributed by atoms with van der Waals surface area (Å²) in [5.74, 6) is 0.275. The maximum absolute atomic E-state index is 12.5. The highest BCUT2D eigenvalue weighted by molar-refractivity contribution is 5.38. The zero-order valence-corrected chi connectivity index (χ0v) is 9.93. The topological polar surface area (TPSA) is 37.0 Å². The molecule has 0 aromatic carbocycles. The van der Waals surface area contributed by atoms with E-state index in [1.165, 1.54) is 6.20 Å². The molecule has 2 heterocycles. The molecule has 18 heavy (non-hydrogen) atoms. The first-order valence-corrected chi connectivity index (χ1v) is 6.06. The summed E-state index contributed by atoms with van der Waals surface area (Å²) < 4.78 is 37.5. The Morgan fingerprint density at radius 1 is 1.39 bits per heavy atom. The molecule has 0 aliphatic carbocycles. The standard InChI is InChI=1S/C12H16F3N3/c13-12(14,15)9-4-6-17-11(7-9)18-8-10-3-1-2-5-16-10/h4,6-7,10,16H,1-3,5,8H2,(H,17,18). The van der Waals surface area contributed by atoms with E-state index in [0.29, 0.717) is 12.6 Å². The Hall–Kier alpha value is -1.30. The molecule has 0 amide bonds. The lowest BCUT2D eigenvalue weighted by Crippen LogP contribution is -2.39. The molecule has 0 spiro atoms. The van der Waals surface area contributed by atoms with Crippen molar-refractivity contribution >= 4 is 5.82 Å². The minimum Gasteiger partial charge on any atom is -0.368 e. The molecular formula is C12H16F3N3. The monoisotopic (exact) mass is 259 g/mol. The number of pyridine rings is 1. The van der Waals surface area contributed by atoms with Crippen molar-refractivity contribution in [1.29, 1.82) is 0 Å². The fourth-order valence-corrected chi connectivity index (χ4v) is 2.03. The van der Waals surface area contributed by atoms with Gasteiger partial charge in [-0.3, -0.25) is 0 Å². The number of hydrogen-bond donors (Lipinski definition) is 2. The average Bonchev–Trinajstić information content (AvgIpc) is 2.37. The Morgan fingerprint density at radius 3 is 2.89 bits per heavy atom. The molecule has 6 heteroatoms. The van der Waals surface area contributed by atoms with Crippen LogP contribution in [0.3, 0.4) is 0 Å². The van der Waals surface area contributed by atoms with Crippen LogP contribution in [0.1, 0.15) is 24.8 Å². The molecule has 0 radical (unpaired) electrons. The number of nitrogens with zero attached hydrogens (tertiary/aromatic N) is 1. The number of piperidine rings is 1. The van der Waals surface area contributed by atoms with Crippen LogP contribution in [0.15, 0.2) is 18.3 Å². The summed E-state index contributed by atoms with van der Waals surface area (Å²) in [6, 6.07) is 2.34. The molecule has 0 bridgehead atoms. The van der Waals surface area contributed by atoms with Gasteiger partial charge in [-0.2, -0.15) is 13.2 Å². The summed E-state index contributed by atoms with van der Waals surface area (Å²) in [4.78, 5) is 3.90. The number of hydrogen-bond acceptors (Lipinski definition) is 3. The highest BCUT2D eigenvalue weighted by Gasteiger charge is 2.30. The van der Waals surface area contributed by atoms with E-state index in [9.17, 15) is 13.2 Å². The van der Waals surface area contributed by atoms with Crippen LogP contribution < -0.4 is 10.6 Å². The first-order chi connectivity index (χ1) is 8.55. The van der Waals surface area contributed by atoms with Gasteiger partial charge in [0.15, 0.2) is 0 Å². The molecule has 0 saturated carbocycles. The summed E-state index contributed by atoms with van der Waals surface area (Å²) in [5.41, 5.74) is -0.670. The van der Waals surface area contributed by atoms with Gasteiger partial charge in [-0.1, -0.05) is 6.42 Å². The maximum Gasteiger partial charge on any atom is 0.416 e. The molecule has 3 nitrogen and oxygen atoms in total. The van der Waals surface area contributed by atoms with Gasteiger partial charge < -0.3 is 10.6 Å². The fourth-order valence-electron chi connectivity index (χ4n) is 2.03. The van der Waals surface area contributed by atoms with Gasteiger partial charge in [0.1, 0.15) is 5.82 Å². The summed E-state index contributed by atoms with van der Waals surface area (Å²) in [6.07, 6.45) is 0.238. The first-order valence-electron chi connectivity index (χ1n) is 6.06. The molecule has 1 aliphatic heterocycles. The van der Waals surface area contributed by atoms with E-state index in [1.54, 1.807) is 0 Å². The van der Waals surface area contributed by atoms with Crippen molar-refractivity contribution in [1.82, 2.24) is 10.3 Å². The van der Waals surface area contributed by atoms with Crippen molar-refractivity contribution in [3.05, 3.63) is 23.9 Å². The zero-order chi connectivity index (χ0) is 13.0. The predicted molar refractivity (Wildman–Crippen MR) is 63.4 cm³/mol. The van der Waals surface area contributed by atoms with Crippen LogP contribution in [-0.4, -0.2) is 24.1 Å². The Bertz CT molecular complexity index is 386. The lowest BCUT2D eigenvalue weighted by Gasteiger charge is -2.23. The molecule has 1 aromatic heterocycles. The number of halogens is 3. The highest BCUT2D eigenvalue weighted by Crippen LogP contribution is 2.29. The maximum atomic E-state index is 12.5. The second-order valence-corrected chi connectivity index (χ2v) is 4.46. The number of alkyl halides is 3. The Labute approximate surface area is 104 Å². The third kappa shape index (κ3) is 3.60. The Balaban J connectivity index is 1.92. The van der Waals surface area contributed by atoms with Crippen molar-refractivity contribution in [2.75, 3.05) is 18.4 Å².